The molecule has 21 heavy (non-hydrogen) atoms. The second-order valence-corrected chi connectivity index (χ2v) is 6.48. The Kier molecular flexibility index (Phi) is 4.64. The molecule has 0 bridgehead atoms. The number of esters is 1. The minimum atomic E-state index is -3.97. The van der Waals surface area contributed by atoms with Crippen LogP contribution in [0.1, 0.15) is 10.4 Å². The zero-order valence-corrected chi connectivity index (χ0v) is 13.3. The number of hydrogen-bond acceptors (Lipinski definition) is 5. The highest BCUT2D eigenvalue weighted by Gasteiger charge is 2.17. The molecule has 0 amide bonds. The summed E-state index contributed by atoms with van der Waals surface area (Å²) in [6, 6.07) is 11.9. The summed E-state index contributed by atoms with van der Waals surface area (Å²) in [5.41, 5.74) is 0.208. The molecule has 0 atom stereocenters. The number of hydrogen-bond donors (Lipinski definition) is 0. The summed E-state index contributed by atoms with van der Waals surface area (Å²) in [5.74, 6) is -0.529. The number of rotatable bonds is 4. The third kappa shape index (κ3) is 3.83. The normalized spacial score (nSPS) is 11.0. The standard InChI is InChI=1S/C14H11BrO5S/c1-19-14(16)10-4-2-6-12(8-10)20-21(17,18)13-7-3-5-11(15)9-13/h2-9H,1H3. The largest absolute Gasteiger partial charge is 0.465 e. The lowest BCUT2D eigenvalue weighted by atomic mass is 10.2. The average Bonchev–Trinajstić information content (AvgIpc) is 2.46. The summed E-state index contributed by atoms with van der Waals surface area (Å²) in [4.78, 5) is 11.4. The molecule has 0 aliphatic carbocycles. The first-order valence-electron chi connectivity index (χ1n) is 5.81. The fraction of sp³-hybridized carbons (Fsp3) is 0.0714. The van der Waals surface area contributed by atoms with Crippen LogP contribution in [-0.4, -0.2) is 21.5 Å². The Labute approximate surface area is 130 Å². The zero-order chi connectivity index (χ0) is 15.5. The molecule has 2 aromatic rings. The van der Waals surface area contributed by atoms with E-state index in [2.05, 4.69) is 20.7 Å². The molecule has 0 saturated heterocycles. The van der Waals surface area contributed by atoms with Crippen LogP contribution in [0.15, 0.2) is 57.9 Å². The molecule has 0 N–H and O–H groups in total. The highest BCUT2D eigenvalue weighted by atomic mass is 79.9. The molecule has 0 heterocycles. The van der Waals surface area contributed by atoms with Crippen molar-refractivity contribution in [3.63, 3.8) is 0 Å². The van der Waals surface area contributed by atoms with Crippen LogP contribution in [-0.2, 0) is 14.9 Å². The summed E-state index contributed by atoms with van der Waals surface area (Å²) in [5, 5.41) is 0. The summed E-state index contributed by atoms with van der Waals surface area (Å²) in [7, 11) is -2.72. The van der Waals surface area contributed by atoms with Crippen molar-refractivity contribution in [3.05, 3.63) is 58.6 Å². The summed E-state index contributed by atoms with van der Waals surface area (Å²) < 4.78 is 34.5. The van der Waals surface area contributed by atoms with Gasteiger partial charge in [-0.3, -0.25) is 0 Å². The van der Waals surface area contributed by atoms with Gasteiger partial charge in [0.1, 0.15) is 10.6 Å². The first-order valence-corrected chi connectivity index (χ1v) is 8.01. The van der Waals surface area contributed by atoms with E-state index in [1.807, 2.05) is 0 Å². The predicted molar refractivity (Wildman–Crippen MR) is 79.7 cm³/mol. The molecule has 0 unspecified atom stereocenters. The van der Waals surface area contributed by atoms with Gasteiger partial charge in [0.2, 0.25) is 0 Å². The van der Waals surface area contributed by atoms with E-state index in [1.54, 1.807) is 12.1 Å². The van der Waals surface area contributed by atoms with Crippen LogP contribution in [0.4, 0.5) is 0 Å². The fourth-order valence-corrected chi connectivity index (χ4v) is 3.11. The second kappa shape index (κ2) is 6.28. The van der Waals surface area contributed by atoms with Gasteiger partial charge in [0.25, 0.3) is 0 Å². The Morgan fingerprint density at radius 2 is 1.81 bits per heavy atom. The number of methoxy groups -OCH3 is 1. The first-order chi connectivity index (χ1) is 9.92. The van der Waals surface area contributed by atoms with Gasteiger partial charge in [0, 0.05) is 4.47 Å². The van der Waals surface area contributed by atoms with Crippen LogP contribution < -0.4 is 4.18 Å². The Morgan fingerprint density at radius 3 is 2.48 bits per heavy atom. The van der Waals surface area contributed by atoms with Gasteiger partial charge in [-0.25, -0.2) is 4.79 Å². The molecular formula is C14H11BrO5S. The third-order valence-corrected chi connectivity index (χ3v) is 4.28. The van der Waals surface area contributed by atoms with E-state index >= 15 is 0 Å². The lowest BCUT2D eigenvalue weighted by molar-refractivity contribution is 0.0600. The Hall–Kier alpha value is -1.86. The van der Waals surface area contributed by atoms with Gasteiger partial charge in [0.15, 0.2) is 0 Å². The molecular weight excluding hydrogens is 360 g/mol. The second-order valence-electron chi connectivity index (χ2n) is 4.01. The van der Waals surface area contributed by atoms with E-state index in [4.69, 9.17) is 4.18 Å². The first kappa shape index (κ1) is 15.5. The highest BCUT2D eigenvalue weighted by Crippen LogP contribution is 2.22. The fourth-order valence-electron chi connectivity index (χ4n) is 1.59. The summed E-state index contributed by atoms with van der Waals surface area (Å²) >= 11 is 3.20. The van der Waals surface area contributed by atoms with Crippen molar-refractivity contribution < 1.29 is 22.1 Å². The molecule has 110 valence electrons. The van der Waals surface area contributed by atoms with E-state index in [1.165, 1.54) is 43.5 Å². The van der Waals surface area contributed by atoms with Gasteiger partial charge in [-0.15, -0.1) is 0 Å². The molecule has 0 radical (unpaired) electrons. The van der Waals surface area contributed by atoms with Crippen molar-refractivity contribution in [2.45, 2.75) is 4.90 Å². The number of halogens is 1. The van der Waals surface area contributed by atoms with Crippen LogP contribution in [0.5, 0.6) is 5.75 Å². The maximum Gasteiger partial charge on any atom is 0.339 e. The molecule has 0 spiro atoms. The molecule has 0 fully saturated rings. The van der Waals surface area contributed by atoms with Crippen molar-refractivity contribution in [2.75, 3.05) is 7.11 Å². The van der Waals surface area contributed by atoms with Crippen molar-refractivity contribution in [1.82, 2.24) is 0 Å². The Morgan fingerprint density at radius 1 is 1.10 bits per heavy atom. The maximum absolute atomic E-state index is 12.1. The number of carbonyl (C=O) groups excluding carboxylic acids is 1. The quantitative estimate of drug-likeness (QED) is 0.611. The molecule has 2 aromatic carbocycles. The monoisotopic (exact) mass is 370 g/mol. The number of benzene rings is 2. The predicted octanol–water partition coefficient (Wildman–Crippen LogP) is 3.00. The van der Waals surface area contributed by atoms with Crippen LogP contribution in [0.25, 0.3) is 0 Å². The number of ether oxygens (including phenoxy) is 1. The lowest BCUT2D eigenvalue weighted by Gasteiger charge is -2.08. The Balaban J connectivity index is 2.31. The zero-order valence-electron chi connectivity index (χ0n) is 10.9. The summed E-state index contributed by atoms with van der Waals surface area (Å²) in [6.07, 6.45) is 0. The minimum absolute atomic E-state index is 0.0142. The van der Waals surface area contributed by atoms with Crippen molar-refractivity contribution >= 4 is 32.0 Å². The molecule has 0 aliphatic heterocycles. The van der Waals surface area contributed by atoms with Crippen LogP contribution in [0.2, 0.25) is 0 Å². The van der Waals surface area contributed by atoms with Gasteiger partial charge in [-0.1, -0.05) is 28.1 Å². The van der Waals surface area contributed by atoms with Crippen LogP contribution in [0.3, 0.4) is 0 Å². The maximum atomic E-state index is 12.1. The smallest absolute Gasteiger partial charge is 0.339 e. The minimum Gasteiger partial charge on any atom is -0.465 e. The van der Waals surface area contributed by atoms with Crippen LogP contribution >= 0.6 is 15.9 Å². The lowest BCUT2D eigenvalue weighted by Crippen LogP contribution is -2.10. The van der Waals surface area contributed by atoms with Gasteiger partial charge in [-0.05, 0) is 36.4 Å². The molecule has 2 rings (SSSR count). The van der Waals surface area contributed by atoms with E-state index < -0.39 is 16.1 Å². The van der Waals surface area contributed by atoms with E-state index in [0.717, 1.165) is 0 Å². The Bertz CT molecular complexity index is 770. The summed E-state index contributed by atoms with van der Waals surface area (Å²) in [6.45, 7) is 0. The van der Waals surface area contributed by atoms with Gasteiger partial charge < -0.3 is 8.92 Å². The van der Waals surface area contributed by atoms with Crippen molar-refractivity contribution in [3.8, 4) is 5.75 Å². The van der Waals surface area contributed by atoms with Gasteiger partial charge in [-0.2, -0.15) is 8.42 Å². The van der Waals surface area contributed by atoms with Crippen molar-refractivity contribution in [1.29, 1.82) is 0 Å². The SMILES string of the molecule is COC(=O)c1cccc(OS(=O)(=O)c2cccc(Br)c2)c1. The van der Waals surface area contributed by atoms with E-state index in [0.29, 0.717) is 4.47 Å². The van der Waals surface area contributed by atoms with Gasteiger partial charge in [0.05, 0.1) is 12.7 Å². The molecule has 5 nitrogen and oxygen atoms in total. The molecule has 0 aliphatic rings. The van der Waals surface area contributed by atoms with E-state index in [-0.39, 0.29) is 16.2 Å². The number of carbonyl (C=O) groups is 1. The third-order valence-electron chi connectivity index (χ3n) is 2.55. The highest BCUT2D eigenvalue weighted by molar-refractivity contribution is 9.10. The van der Waals surface area contributed by atoms with Crippen molar-refractivity contribution in [2.24, 2.45) is 0 Å². The van der Waals surface area contributed by atoms with E-state index in [9.17, 15) is 13.2 Å². The molecule has 0 saturated carbocycles. The average molecular weight is 371 g/mol. The topological polar surface area (TPSA) is 69.7 Å². The van der Waals surface area contributed by atoms with Gasteiger partial charge >= 0.3 is 16.1 Å². The van der Waals surface area contributed by atoms with Crippen LogP contribution in [0, 0.1) is 0 Å². The molecule has 0 aromatic heterocycles. The molecule has 7 heteroatoms.